The van der Waals surface area contributed by atoms with Crippen LogP contribution in [0.25, 0.3) is 0 Å². The van der Waals surface area contributed by atoms with Gasteiger partial charge in [0.1, 0.15) is 13.2 Å². The van der Waals surface area contributed by atoms with E-state index in [9.17, 15) is 0 Å². The Bertz CT molecular complexity index is 752. The average Bonchev–Trinajstić information content (AvgIpc) is 2.60. The summed E-state index contributed by atoms with van der Waals surface area (Å²) in [6.07, 6.45) is 0. The zero-order valence-electron chi connectivity index (χ0n) is 15.1. The van der Waals surface area contributed by atoms with E-state index < -0.39 is 0 Å². The van der Waals surface area contributed by atoms with Crippen molar-refractivity contribution in [3.8, 4) is 11.5 Å². The molecule has 1 aromatic heterocycles. The number of ether oxygens (including phenoxy) is 2. The van der Waals surface area contributed by atoms with Crippen molar-refractivity contribution in [2.24, 2.45) is 0 Å². The van der Waals surface area contributed by atoms with Crippen molar-refractivity contribution in [1.29, 1.82) is 0 Å². The number of hydrogen-bond donors (Lipinski definition) is 1. The molecule has 8 heteroatoms. The monoisotopic (exact) mass is 344 g/mol. The van der Waals surface area contributed by atoms with Crippen LogP contribution >= 0.6 is 0 Å². The molecule has 0 saturated carbocycles. The quantitative estimate of drug-likeness (QED) is 0.872. The van der Waals surface area contributed by atoms with Crippen molar-refractivity contribution < 1.29 is 9.47 Å². The minimum atomic E-state index is -0.0165. The van der Waals surface area contributed by atoms with Gasteiger partial charge in [-0.3, -0.25) is 4.90 Å². The van der Waals surface area contributed by atoms with E-state index in [1.807, 2.05) is 51.2 Å². The fraction of sp³-hybridized carbons (Fsp3) is 0.471. The molecule has 2 aromatic rings. The van der Waals surface area contributed by atoms with Gasteiger partial charge < -0.3 is 20.1 Å². The van der Waals surface area contributed by atoms with E-state index in [2.05, 4.69) is 19.9 Å². The molecule has 0 fully saturated rings. The Morgan fingerprint density at radius 1 is 1.08 bits per heavy atom. The van der Waals surface area contributed by atoms with Gasteiger partial charge in [-0.1, -0.05) is 6.07 Å². The maximum Gasteiger partial charge on any atom is 0.229 e. The third-order valence-electron chi connectivity index (χ3n) is 4.13. The zero-order valence-corrected chi connectivity index (χ0v) is 15.1. The predicted molar refractivity (Wildman–Crippen MR) is 95.9 cm³/mol. The molecule has 0 spiro atoms. The topological polar surface area (TPSA) is 89.6 Å². The van der Waals surface area contributed by atoms with Crippen LogP contribution in [0.3, 0.4) is 0 Å². The van der Waals surface area contributed by atoms with Crippen molar-refractivity contribution in [2.75, 3.05) is 45.0 Å². The first-order valence-corrected chi connectivity index (χ1v) is 8.21. The van der Waals surface area contributed by atoms with Crippen LogP contribution in [0.1, 0.15) is 24.4 Å². The molecule has 0 saturated heterocycles. The third-order valence-corrected chi connectivity index (χ3v) is 4.13. The molecule has 1 aliphatic heterocycles. The van der Waals surface area contributed by atoms with E-state index >= 15 is 0 Å². The van der Waals surface area contributed by atoms with Crippen LogP contribution in [0.5, 0.6) is 11.5 Å². The van der Waals surface area contributed by atoms with Crippen LogP contribution in [0.4, 0.5) is 11.9 Å². The summed E-state index contributed by atoms with van der Waals surface area (Å²) in [5.74, 6) is 3.03. The van der Waals surface area contributed by atoms with Crippen LogP contribution in [-0.4, -0.2) is 54.2 Å². The molecule has 0 radical (unpaired) electrons. The molecular formula is C17H24N6O2. The highest BCUT2D eigenvalue weighted by Gasteiger charge is 2.19. The van der Waals surface area contributed by atoms with Gasteiger partial charge in [-0.05, 0) is 31.7 Å². The number of rotatable bonds is 5. The van der Waals surface area contributed by atoms with Gasteiger partial charge in [0.15, 0.2) is 17.3 Å². The Kier molecular flexibility index (Phi) is 4.89. The van der Waals surface area contributed by atoms with Gasteiger partial charge >= 0.3 is 0 Å². The molecule has 0 bridgehead atoms. The third kappa shape index (κ3) is 3.90. The molecule has 8 nitrogen and oxygen atoms in total. The number of benzene rings is 1. The summed E-state index contributed by atoms with van der Waals surface area (Å²) in [7, 11) is 5.78. The lowest BCUT2D eigenvalue weighted by Crippen LogP contribution is -2.25. The molecule has 1 aliphatic rings. The first-order chi connectivity index (χ1) is 11.9. The molecule has 0 aliphatic carbocycles. The van der Waals surface area contributed by atoms with Crippen LogP contribution < -0.4 is 20.1 Å². The zero-order chi connectivity index (χ0) is 18.0. The summed E-state index contributed by atoms with van der Waals surface area (Å²) >= 11 is 0. The highest BCUT2D eigenvalue weighted by molar-refractivity contribution is 5.43. The lowest BCUT2D eigenvalue weighted by Gasteiger charge is -2.25. The van der Waals surface area contributed by atoms with Gasteiger partial charge in [0, 0.05) is 20.6 Å². The molecule has 134 valence electrons. The maximum absolute atomic E-state index is 5.83. The number of nitrogens with two attached hydrogens (primary N) is 1. The molecule has 0 amide bonds. The number of hydrogen-bond acceptors (Lipinski definition) is 8. The molecule has 25 heavy (non-hydrogen) atoms. The molecule has 2 N–H and O–H groups in total. The predicted octanol–water partition coefficient (Wildman–Crippen LogP) is 1.48. The minimum Gasteiger partial charge on any atom is -0.486 e. The smallest absolute Gasteiger partial charge is 0.229 e. The fourth-order valence-electron chi connectivity index (χ4n) is 2.59. The second kappa shape index (κ2) is 7.10. The van der Waals surface area contributed by atoms with Gasteiger partial charge in [-0.15, -0.1) is 0 Å². The second-order valence-corrected chi connectivity index (χ2v) is 6.32. The van der Waals surface area contributed by atoms with Gasteiger partial charge in [0.25, 0.3) is 0 Å². The number of anilines is 2. The second-order valence-electron chi connectivity index (χ2n) is 6.32. The maximum atomic E-state index is 5.83. The first-order valence-electron chi connectivity index (χ1n) is 8.21. The molecule has 0 unspecified atom stereocenters. The Balaban J connectivity index is 1.75. The Morgan fingerprint density at radius 3 is 2.52 bits per heavy atom. The number of nitrogens with zero attached hydrogens (tertiary/aromatic N) is 5. The van der Waals surface area contributed by atoms with E-state index in [0.29, 0.717) is 25.0 Å². The van der Waals surface area contributed by atoms with Crippen molar-refractivity contribution in [3.05, 3.63) is 29.6 Å². The van der Waals surface area contributed by atoms with Crippen LogP contribution in [-0.2, 0) is 6.54 Å². The van der Waals surface area contributed by atoms with Crippen molar-refractivity contribution >= 4 is 11.9 Å². The average molecular weight is 344 g/mol. The summed E-state index contributed by atoms with van der Waals surface area (Å²) in [6, 6.07) is 6.00. The molecule has 3 rings (SSSR count). The Hall–Kier alpha value is -2.61. The summed E-state index contributed by atoms with van der Waals surface area (Å²) < 4.78 is 11.2. The fourth-order valence-corrected chi connectivity index (χ4v) is 2.59. The van der Waals surface area contributed by atoms with Gasteiger partial charge in [0.2, 0.25) is 11.9 Å². The van der Waals surface area contributed by atoms with E-state index in [1.54, 1.807) is 0 Å². The molecular weight excluding hydrogens is 320 g/mol. The van der Waals surface area contributed by atoms with Crippen LogP contribution in [0, 0.1) is 0 Å². The van der Waals surface area contributed by atoms with Crippen molar-refractivity contribution in [3.63, 3.8) is 0 Å². The van der Waals surface area contributed by atoms with Crippen molar-refractivity contribution in [1.82, 2.24) is 19.9 Å². The highest BCUT2D eigenvalue weighted by Crippen LogP contribution is 2.31. The van der Waals surface area contributed by atoms with E-state index in [-0.39, 0.29) is 12.0 Å². The Labute approximate surface area is 147 Å². The van der Waals surface area contributed by atoms with E-state index in [1.165, 1.54) is 0 Å². The minimum absolute atomic E-state index is 0.0165. The number of aromatic nitrogens is 3. The summed E-state index contributed by atoms with van der Waals surface area (Å²) in [4.78, 5) is 16.9. The van der Waals surface area contributed by atoms with Crippen molar-refractivity contribution in [2.45, 2.75) is 19.5 Å². The lowest BCUT2D eigenvalue weighted by molar-refractivity contribution is 0.171. The molecule has 2 heterocycles. The largest absolute Gasteiger partial charge is 0.486 e. The lowest BCUT2D eigenvalue weighted by atomic mass is 10.1. The van der Waals surface area contributed by atoms with Gasteiger partial charge in [0.05, 0.1) is 6.04 Å². The normalized spacial score (nSPS) is 14.4. The van der Waals surface area contributed by atoms with Gasteiger partial charge in [-0.25, -0.2) is 0 Å². The number of fused-ring (bicyclic) bond motifs is 1. The van der Waals surface area contributed by atoms with Crippen LogP contribution in [0.15, 0.2) is 18.2 Å². The SMILES string of the molecule is C[C@@H](c1nc(N)nc(N(C)C)n1)N(C)Cc1ccc2c(c1)OCCO2. The van der Waals surface area contributed by atoms with E-state index in [0.717, 1.165) is 23.6 Å². The van der Waals surface area contributed by atoms with Crippen LogP contribution in [0.2, 0.25) is 0 Å². The van der Waals surface area contributed by atoms with Gasteiger partial charge in [-0.2, -0.15) is 15.0 Å². The van der Waals surface area contributed by atoms with E-state index in [4.69, 9.17) is 15.2 Å². The summed E-state index contributed by atoms with van der Waals surface area (Å²) in [5.41, 5.74) is 6.96. The Morgan fingerprint density at radius 2 is 1.80 bits per heavy atom. The molecule has 1 aromatic carbocycles. The summed E-state index contributed by atoms with van der Waals surface area (Å²) in [6.45, 7) is 3.95. The highest BCUT2D eigenvalue weighted by atomic mass is 16.6. The standard InChI is InChI=1S/C17H24N6O2/c1-11(15-19-16(18)21-17(20-15)22(2)3)23(4)10-12-5-6-13-14(9-12)25-8-7-24-13/h5-6,9,11H,7-8,10H2,1-4H3,(H2,18,19,20,21)/t11-/m0/s1. The molecule has 1 atom stereocenters. The summed E-state index contributed by atoms with van der Waals surface area (Å²) in [5, 5.41) is 0. The number of nitrogen functional groups attached to an aromatic ring is 1. The first kappa shape index (κ1) is 17.2.